The molecule has 2 N–H and O–H groups in total. The van der Waals surface area contributed by atoms with Gasteiger partial charge in [-0.1, -0.05) is 18.2 Å². The molecule has 7 heteroatoms. The van der Waals surface area contributed by atoms with Gasteiger partial charge in [0.05, 0.1) is 5.56 Å². The normalized spacial score (nSPS) is 15.2. The molecular weight excluding hydrogens is 324 g/mol. The molecule has 0 saturated carbocycles. The van der Waals surface area contributed by atoms with Gasteiger partial charge >= 0.3 is 6.18 Å². The first-order chi connectivity index (χ1) is 11.3. The van der Waals surface area contributed by atoms with Gasteiger partial charge in [0.2, 0.25) is 5.91 Å². The summed E-state index contributed by atoms with van der Waals surface area (Å²) in [6, 6.07) is 8.13. The monoisotopic (exact) mass is 338 g/mol. The second-order valence-electron chi connectivity index (χ2n) is 5.60. The Bertz CT molecular complexity index is 771. The Morgan fingerprint density at radius 2 is 1.79 bits per heavy atom. The highest BCUT2D eigenvalue weighted by Crippen LogP contribution is 2.42. The highest BCUT2D eigenvalue weighted by atomic mass is 19.4. The number of anilines is 1. The molecule has 0 bridgehead atoms. The third-order valence-electron chi connectivity index (χ3n) is 4.14. The second kappa shape index (κ2) is 5.81. The summed E-state index contributed by atoms with van der Waals surface area (Å²) in [5, 5.41) is 0. The highest BCUT2D eigenvalue weighted by Gasteiger charge is 2.39. The summed E-state index contributed by atoms with van der Waals surface area (Å²) < 4.78 is 52.5. The number of carbonyl (C=O) groups is 1. The molecule has 2 aromatic rings. The van der Waals surface area contributed by atoms with Crippen LogP contribution in [0.25, 0.3) is 0 Å². The van der Waals surface area contributed by atoms with Crippen LogP contribution in [0, 0.1) is 5.82 Å². The zero-order valence-corrected chi connectivity index (χ0v) is 12.5. The van der Waals surface area contributed by atoms with Crippen LogP contribution in [0.2, 0.25) is 0 Å². The lowest BCUT2D eigenvalue weighted by atomic mass is 10.0. The van der Waals surface area contributed by atoms with Crippen molar-refractivity contribution in [1.29, 1.82) is 0 Å². The van der Waals surface area contributed by atoms with Crippen molar-refractivity contribution >= 4 is 11.6 Å². The number of nitrogens with zero attached hydrogens (tertiary/aromatic N) is 1. The number of carbonyl (C=O) groups excluding carboxylic acids is 1. The SMILES string of the molecule is NC(=O)[C@@H](c1ccc(F)cc1)N1CCc2c1cccc2C(F)(F)F. The van der Waals surface area contributed by atoms with Crippen LogP contribution in [0.4, 0.5) is 23.2 Å². The number of rotatable bonds is 3. The summed E-state index contributed by atoms with van der Waals surface area (Å²) in [6.45, 7) is 0.230. The highest BCUT2D eigenvalue weighted by molar-refractivity contribution is 5.86. The predicted molar refractivity (Wildman–Crippen MR) is 80.8 cm³/mol. The molecule has 126 valence electrons. The molecule has 0 saturated heterocycles. The Morgan fingerprint density at radius 1 is 1.12 bits per heavy atom. The third-order valence-corrected chi connectivity index (χ3v) is 4.14. The average molecular weight is 338 g/mol. The van der Waals surface area contributed by atoms with E-state index in [0.29, 0.717) is 11.3 Å². The van der Waals surface area contributed by atoms with Gasteiger partial charge in [0.15, 0.2) is 0 Å². The molecule has 0 fully saturated rings. The van der Waals surface area contributed by atoms with Crippen molar-refractivity contribution in [3.63, 3.8) is 0 Å². The van der Waals surface area contributed by atoms with Crippen molar-refractivity contribution in [2.75, 3.05) is 11.4 Å². The van der Waals surface area contributed by atoms with Crippen LogP contribution in [0.5, 0.6) is 0 Å². The van der Waals surface area contributed by atoms with Crippen molar-refractivity contribution in [1.82, 2.24) is 0 Å². The average Bonchev–Trinajstić information content (AvgIpc) is 2.92. The molecule has 1 heterocycles. The van der Waals surface area contributed by atoms with Crippen LogP contribution in [0.15, 0.2) is 42.5 Å². The molecule has 0 aromatic heterocycles. The lowest BCUT2D eigenvalue weighted by Gasteiger charge is -2.28. The lowest BCUT2D eigenvalue weighted by molar-refractivity contribution is -0.138. The van der Waals surface area contributed by atoms with E-state index < -0.39 is 29.5 Å². The molecule has 0 unspecified atom stereocenters. The quantitative estimate of drug-likeness (QED) is 0.872. The Balaban J connectivity index is 2.05. The molecule has 1 amide bonds. The summed E-state index contributed by atoms with van der Waals surface area (Å²) in [7, 11) is 0. The van der Waals surface area contributed by atoms with Gasteiger partial charge in [-0.2, -0.15) is 13.2 Å². The third kappa shape index (κ3) is 2.81. The number of fused-ring (bicyclic) bond motifs is 1. The van der Waals surface area contributed by atoms with Crippen LogP contribution in [-0.2, 0) is 17.4 Å². The molecule has 3 nitrogen and oxygen atoms in total. The molecule has 0 spiro atoms. The largest absolute Gasteiger partial charge is 0.416 e. The van der Waals surface area contributed by atoms with Crippen molar-refractivity contribution in [2.24, 2.45) is 5.73 Å². The number of hydrogen-bond donors (Lipinski definition) is 1. The fourth-order valence-electron chi connectivity index (χ4n) is 3.14. The summed E-state index contributed by atoms with van der Waals surface area (Å²) >= 11 is 0. The first-order valence-corrected chi connectivity index (χ1v) is 7.29. The van der Waals surface area contributed by atoms with E-state index >= 15 is 0 Å². The summed E-state index contributed by atoms with van der Waals surface area (Å²) in [6.07, 6.45) is -4.30. The number of nitrogens with two attached hydrogens (primary N) is 1. The Hall–Kier alpha value is -2.57. The molecule has 2 aromatic carbocycles. The number of benzene rings is 2. The first-order valence-electron chi connectivity index (χ1n) is 7.29. The molecule has 24 heavy (non-hydrogen) atoms. The number of primary amides is 1. The lowest BCUT2D eigenvalue weighted by Crippen LogP contribution is -2.36. The second-order valence-corrected chi connectivity index (χ2v) is 5.60. The molecule has 1 aliphatic rings. The predicted octanol–water partition coefficient (Wildman–Crippen LogP) is 3.43. The van der Waals surface area contributed by atoms with Crippen LogP contribution < -0.4 is 10.6 Å². The van der Waals surface area contributed by atoms with Gasteiger partial charge in [0, 0.05) is 12.2 Å². The topological polar surface area (TPSA) is 46.3 Å². The number of alkyl halides is 3. The van der Waals surface area contributed by atoms with E-state index in [0.717, 1.165) is 6.07 Å². The standard InChI is InChI=1S/C17H14F4N2O/c18-11-6-4-10(5-7-11)15(16(22)24)23-9-8-12-13(17(19,20)21)2-1-3-14(12)23/h1-7,15H,8-9H2,(H2,22,24)/t15-/m1/s1. The number of halogens is 4. The van der Waals surface area contributed by atoms with Crippen LogP contribution in [-0.4, -0.2) is 12.5 Å². The molecule has 0 radical (unpaired) electrons. The minimum absolute atomic E-state index is 0.151. The van der Waals surface area contributed by atoms with Crippen LogP contribution >= 0.6 is 0 Å². The van der Waals surface area contributed by atoms with E-state index in [1.165, 1.54) is 36.4 Å². The Labute approximate surface area is 135 Å². The van der Waals surface area contributed by atoms with Crippen LogP contribution in [0.1, 0.15) is 22.7 Å². The maximum Gasteiger partial charge on any atom is 0.416 e. The molecule has 1 atom stereocenters. The zero-order valence-electron chi connectivity index (χ0n) is 12.5. The van der Waals surface area contributed by atoms with Gasteiger partial charge in [0.25, 0.3) is 0 Å². The smallest absolute Gasteiger partial charge is 0.368 e. The minimum Gasteiger partial charge on any atom is -0.368 e. The van der Waals surface area contributed by atoms with Gasteiger partial charge in [-0.3, -0.25) is 4.79 Å². The summed E-state index contributed by atoms with van der Waals surface area (Å²) in [5.74, 6) is -1.17. The molecule has 3 rings (SSSR count). The van der Waals surface area contributed by atoms with Crippen LogP contribution in [0.3, 0.4) is 0 Å². The van der Waals surface area contributed by atoms with E-state index in [1.54, 1.807) is 4.90 Å². The van der Waals surface area contributed by atoms with Gasteiger partial charge in [-0.25, -0.2) is 4.39 Å². The minimum atomic E-state index is -4.46. The van der Waals surface area contributed by atoms with Crippen molar-refractivity contribution in [3.05, 3.63) is 65.0 Å². The zero-order chi connectivity index (χ0) is 17.5. The Morgan fingerprint density at radius 3 is 2.38 bits per heavy atom. The molecular formula is C17H14F4N2O. The van der Waals surface area contributed by atoms with E-state index in [9.17, 15) is 22.4 Å². The van der Waals surface area contributed by atoms with E-state index in [4.69, 9.17) is 5.73 Å². The number of hydrogen-bond acceptors (Lipinski definition) is 2. The maximum absolute atomic E-state index is 13.1. The molecule has 0 aliphatic carbocycles. The maximum atomic E-state index is 13.1. The fraction of sp³-hybridized carbons (Fsp3) is 0.235. The summed E-state index contributed by atoms with van der Waals surface area (Å²) in [5.41, 5.74) is 5.69. The number of amides is 1. The summed E-state index contributed by atoms with van der Waals surface area (Å²) in [4.78, 5) is 13.5. The van der Waals surface area contributed by atoms with Crippen molar-refractivity contribution in [3.8, 4) is 0 Å². The van der Waals surface area contributed by atoms with Crippen molar-refractivity contribution in [2.45, 2.75) is 18.6 Å². The van der Waals surface area contributed by atoms with Crippen molar-refractivity contribution < 1.29 is 22.4 Å². The van der Waals surface area contributed by atoms with Gasteiger partial charge in [-0.05, 0) is 41.8 Å². The fourth-order valence-corrected chi connectivity index (χ4v) is 3.14. The van der Waals surface area contributed by atoms with E-state index in [2.05, 4.69) is 0 Å². The first kappa shape index (κ1) is 16.3. The van der Waals surface area contributed by atoms with E-state index in [1.807, 2.05) is 0 Å². The van der Waals surface area contributed by atoms with E-state index in [-0.39, 0.29) is 18.5 Å². The molecule has 1 aliphatic heterocycles. The van der Waals surface area contributed by atoms with Gasteiger partial charge < -0.3 is 10.6 Å². The van der Waals surface area contributed by atoms with Gasteiger partial charge in [-0.15, -0.1) is 0 Å². The Kier molecular flexibility index (Phi) is 3.95. The van der Waals surface area contributed by atoms with Gasteiger partial charge in [0.1, 0.15) is 11.9 Å².